The third-order valence-corrected chi connectivity index (χ3v) is 1.79. The Morgan fingerprint density at radius 2 is 2.00 bits per heavy atom. The second-order valence-electron chi connectivity index (χ2n) is 2.90. The van der Waals surface area contributed by atoms with Crippen molar-refractivity contribution < 1.29 is 9.53 Å². The van der Waals surface area contributed by atoms with Crippen LogP contribution in [0.15, 0.2) is 0 Å². The van der Waals surface area contributed by atoms with Crippen LogP contribution in [0.4, 0.5) is 0 Å². The van der Waals surface area contributed by atoms with Gasteiger partial charge in [0, 0.05) is 6.54 Å². The van der Waals surface area contributed by atoms with Gasteiger partial charge in [0.15, 0.2) is 0 Å². The highest BCUT2D eigenvalue weighted by Gasteiger charge is 2.01. The van der Waals surface area contributed by atoms with Crippen molar-refractivity contribution in [3.05, 3.63) is 0 Å². The van der Waals surface area contributed by atoms with Gasteiger partial charge in [0.25, 0.3) is 0 Å². The van der Waals surface area contributed by atoms with E-state index in [2.05, 4.69) is 10.6 Å². The van der Waals surface area contributed by atoms with Gasteiger partial charge in [-0.2, -0.15) is 0 Å². The molecule has 70 valence electrons. The first-order valence-electron chi connectivity index (χ1n) is 4.45. The summed E-state index contributed by atoms with van der Waals surface area (Å²) in [5.41, 5.74) is 0. The van der Waals surface area contributed by atoms with E-state index in [9.17, 15) is 4.79 Å². The molecule has 1 amide bonds. The Morgan fingerprint density at radius 3 is 2.92 bits per heavy atom. The van der Waals surface area contributed by atoms with Crippen molar-refractivity contribution in [1.29, 1.82) is 0 Å². The van der Waals surface area contributed by atoms with Gasteiger partial charge in [0.05, 0.1) is 6.73 Å². The molecule has 1 heterocycles. The fourth-order valence-corrected chi connectivity index (χ4v) is 1.12. The van der Waals surface area contributed by atoms with E-state index in [4.69, 9.17) is 4.74 Å². The molecule has 0 aromatic heterocycles. The van der Waals surface area contributed by atoms with Crippen molar-refractivity contribution in [3.8, 4) is 0 Å². The van der Waals surface area contributed by atoms with Gasteiger partial charge in [-0.05, 0) is 19.4 Å². The molecule has 0 bridgehead atoms. The third kappa shape index (κ3) is 4.31. The number of carbonyl (C=O) groups is 1. The van der Waals surface area contributed by atoms with E-state index in [-0.39, 0.29) is 12.5 Å². The zero-order valence-corrected chi connectivity index (χ0v) is 7.27. The van der Waals surface area contributed by atoms with Crippen molar-refractivity contribution in [2.75, 3.05) is 26.4 Å². The lowest BCUT2D eigenvalue weighted by Gasteiger charge is -2.03. The van der Waals surface area contributed by atoms with Crippen LogP contribution in [0.3, 0.4) is 0 Å². The van der Waals surface area contributed by atoms with Crippen molar-refractivity contribution in [3.63, 3.8) is 0 Å². The molecule has 1 saturated heterocycles. The van der Waals surface area contributed by atoms with Crippen LogP contribution in [0.1, 0.15) is 19.3 Å². The molecule has 0 unspecified atom stereocenters. The van der Waals surface area contributed by atoms with E-state index in [1.54, 1.807) is 0 Å². The maximum Gasteiger partial charge on any atom is 0.246 e. The molecule has 4 heteroatoms. The predicted molar refractivity (Wildman–Crippen MR) is 45.7 cm³/mol. The number of hydrogen-bond acceptors (Lipinski definition) is 3. The first kappa shape index (κ1) is 9.48. The number of ether oxygens (including phenoxy) is 1. The zero-order valence-electron chi connectivity index (χ0n) is 7.27. The van der Waals surface area contributed by atoms with Crippen molar-refractivity contribution in [1.82, 2.24) is 10.6 Å². The zero-order chi connectivity index (χ0) is 8.65. The molecule has 0 saturated carbocycles. The van der Waals surface area contributed by atoms with E-state index in [0.29, 0.717) is 6.73 Å². The minimum Gasteiger partial charge on any atom is -0.356 e. The molecule has 1 fully saturated rings. The Balaban J connectivity index is 2.17. The van der Waals surface area contributed by atoms with Crippen LogP contribution in [0.25, 0.3) is 0 Å². The highest BCUT2D eigenvalue weighted by Crippen LogP contribution is 1.93. The van der Waals surface area contributed by atoms with Crippen LogP contribution in [0.2, 0.25) is 0 Å². The summed E-state index contributed by atoms with van der Waals surface area (Å²) in [4.78, 5) is 10.9. The molecule has 4 nitrogen and oxygen atoms in total. The molecular weight excluding hydrogens is 156 g/mol. The van der Waals surface area contributed by atoms with Crippen LogP contribution in [0.5, 0.6) is 0 Å². The van der Waals surface area contributed by atoms with Gasteiger partial charge in [-0.15, -0.1) is 0 Å². The molecule has 0 radical (unpaired) electrons. The number of nitrogens with one attached hydrogen (secondary N) is 2. The Kier molecular flexibility index (Phi) is 4.71. The smallest absolute Gasteiger partial charge is 0.246 e. The van der Waals surface area contributed by atoms with Crippen molar-refractivity contribution in [2.45, 2.75) is 19.3 Å². The first-order valence-corrected chi connectivity index (χ1v) is 4.45. The van der Waals surface area contributed by atoms with Crippen LogP contribution in [0, 0.1) is 0 Å². The summed E-state index contributed by atoms with van der Waals surface area (Å²) in [5, 5.41) is 5.89. The maximum atomic E-state index is 10.9. The van der Waals surface area contributed by atoms with Crippen LogP contribution in [-0.2, 0) is 9.53 Å². The summed E-state index contributed by atoms with van der Waals surface area (Å²) in [6.45, 7) is 2.41. The highest BCUT2D eigenvalue weighted by atomic mass is 16.5. The van der Waals surface area contributed by atoms with Crippen molar-refractivity contribution >= 4 is 5.91 Å². The summed E-state index contributed by atoms with van der Waals surface area (Å²) >= 11 is 0. The molecule has 1 aliphatic heterocycles. The normalized spacial score (nSPS) is 22.5. The lowest BCUT2D eigenvalue weighted by atomic mass is 10.2. The van der Waals surface area contributed by atoms with Gasteiger partial charge >= 0.3 is 0 Å². The van der Waals surface area contributed by atoms with E-state index in [1.165, 1.54) is 0 Å². The second-order valence-corrected chi connectivity index (χ2v) is 2.90. The minimum atomic E-state index is -0.0151. The predicted octanol–water partition coefficient (Wildman–Crippen LogP) is -0.150. The molecule has 2 N–H and O–H groups in total. The average molecular weight is 172 g/mol. The van der Waals surface area contributed by atoms with Gasteiger partial charge in [0.1, 0.15) is 6.61 Å². The number of rotatable bonds is 0. The monoisotopic (exact) mass is 172 g/mol. The van der Waals surface area contributed by atoms with E-state index in [0.717, 1.165) is 32.4 Å². The number of hydrogen-bond donors (Lipinski definition) is 2. The fourth-order valence-electron chi connectivity index (χ4n) is 1.12. The van der Waals surface area contributed by atoms with E-state index >= 15 is 0 Å². The van der Waals surface area contributed by atoms with Gasteiger partial charge in [-0.1, -0.05) is 6.42 Å². The molecule has 0 spiro atoms. The fraction of sp³-hybridized carbons (Fsp3) is 0.875. The van der Waals surface area contributed by atoms with Crippen molar-refractivity contribution in [2.24, 2.45) is 0 Å². The summed E-state index contributed by atoms with van der Waals surface area (Å²) in [7, 11) is 0. The van der Waals surface area contributed by atoms with Gasteiger partial charge in [-0.3, -0.25) is 10.1 Å². The molecule has 0 aromatic carbocycles. The number of carbonyl (C=O) groups excluding carboxylic acids is 1. The van der Waals surface area contributed by atoms with Crippen LogP contribution in [-0.4, -0.2) is 32.3 Å². The first-order chi connectivity index (χ1) is 5.89. The standard InChI is InChI=1S/C8H16N2O2/c11-8-6-12-7-9-4-2-1-3-5-10-8/h9H,1-7H2,(H,10,11). The second kappa shape index (κ2) is 5.97. The van der Waals surface area contributed by atoms with E-state index < -0.39 is 0 Å². The summed E-state index contributed by atoms with van der Waals surface area (Å²) in [6, 6.07) is 0. The molecular formula is C8H16N2O2. The van der Waals surface area contributed by atoms with Gasteiger partial charge < -0.3 is 10.1 Å². The Labute approximate surface area is 72.7 Å². The van der Waals surface area contributed by atoms with Crippen LogP contribution < -0.4 is 10.6 Å². The number of amides is 1. The third-order valence-electron chi connectivity index (χ3n) is 1.79. The molecule has 0 aliphatic carbocycles. The SMILES string of the molecule is O=C1COCNCCCCCN1. The maximum absolute atomic E-state index is 10.9. The molecule has 0 aromatic rings. The molecule has 1 aliphatic rings. The highest BCUT2D eigenvalue weighted by molar-refractivity contribution is 5.77. The lowest BCUT2D eigenvalue weighted by Crippen LogP contribution is -2.29. The summed E-state index contributed by atoms with van der Waals surface area (Å²) in [6.07, 6.45) is 3.37. The molecule has 1 rings (SSSR count). The largest absolute Gasteiger partial charge is 0.356 e. The lowest BCUT2D eigenvalue weighted by molar-refractivity contribution is -0.125. The minimum absolute atomic E-state index is 0.0151. The Morgan fingerprint density at radius 1 is 1.17 bits per heavy atom. The molecule has 12 heavy (non-hydrogen) atoms. The van der Waals surface area contributed by atoms with E-state index in [1.807, 2.05) is 0 Å². The van der Waals surface area contributed by atoms with Gasteiger partial charge in [0.2, 0.25) is 5.91 Å². The summed E-state index contributed by atoms with van der Waals surface area (Å²) in [5.74, 6) is -0.0151. The molecule has 0 atom stereocenters. The Hall–Kier alpha value is -0.610. The topological polar surface area (TPSA) is 50.4 Å². The van der Waals surface area contributed by atoms with Crippen LogP contribution >= 0.6 is 0 Å². The Bertz CT molecular complexity index is 125. The van der Waals surface area contributed by atoms with Gasteiger partial charge in [-0.25, -0.2) is 0 Å². The summed E-state index contributed by atoms with van der Waals surface area (Å²) < 4.78 is 5.05. The quantitative estimate of drug-likeness (QED) is 0.534. The average Bonchev–Trinajstić information content (AvgIpc) is 2.11.